The molecule has 12 rings (SSSR count). The first kappa shape index (κ1) is 109. The number of guanidine groups is 2. The number of aliphatic imine (C=N–C) groups is 1. The molecule has 40 heteroatoms. The molecule has 0 aliphatic carbocycles. The maximum atomic E-state index is 12.0. The number of pyridine rings is 1. The summed E-state index contributed by atoms with van der Waals surface area (Å²) in [6.07, 6.45) is 6.15. The number of fused-ring (bicyclic) bond motifs is 2. The minimum atomic E-state index is -1.28. The lowest BCUT2D eigenvalue weighted by molar-refractivity contribution is -0.152. The van der Waals surface area contributed by atoms with Gasteiger partial charge in [0, 0.05) is 110 Å². The van der Waals surface area contributed by atoms with Gasteiger partial charge in [0.25, 0.3) is 11.8 Å². The van der Waals surface area contributed by atoms with Crippen LogP contribution in [0.4, 0.5) is 22.9 Å². The van der Waals surface area contributed by atoms with Crippen molar-refractivity contribution >= 4 is 128 Å². The number of benzene rings is 8. The van der Waals surface area contributed by atoms with Crippen LogP contribution in [-0.4, -0.2) is 228 Å². The van der Waals surface area contributed by atoms with E-state index in [2.05, 4.69) is 51.0 Å². The molecular formula is C97H112Cl2N14O23S. The van der Waals surface area contributed by atoms with Crippen molar-refractivity contribution in [2.24, 2.45) is 26.7 Å². The van der Waals surface area contributed by atoms with Gasteiger partial charge in [-0.2, -0.15) is 15.2 Å². The van der Waals surface area contributed by atoms with Crippen LogP contribution < -0.4 is 55.8 Å². The molecule has 10 aromatic rings. The molecule has 2 aromatic heterocycles. The van der Waals surface area contributed by atoms with Crippen LogP contribution >= 0.6 is 35.0 Å². The van der Waals surface area contributed by atoms with E-state index in [1.807, 2.05) is 107 Å². The Balaban J connectivity index is 0.000000229. The summed E-state index contributed by atoms with van der Waals surface area (Å²) >= 11 is 12.8. The van der Waals surface area contributed by atoms with E-state index in [4.69, 9.17) is 103 Å². The number of hydrogen-bond acceptors (Lipinski definition) is 28. The second kappa shape index (κ2) is 54.5. The summed E-state index contributed by atoms with van der Waals surface area (Å²) in [4.78, 5) is 111. The van der Waals surface area contributed by atoms with Gasteiger partial charge in [0.05, 0.1) is 78.0 Å². The van der Waals surface area contributed by atoms with Crippen molar-refractivity contribution < 1.29 is 112 Å². The molecule has 0 atom stereocenters. The quantitative estimate of drug-likeness (QED) is 0.00260. The number of nitrogens with two attached hydrogens (primary N) is 2. The number of rotatable bonds is 34. The predicted octanol–water partition coefficient (Wildman–Crippen LogP) is 15.1. The third kappa shape index (κ3) is 35.2. The summed E-state index contributed by atoms with van der Waals surface area (Å²) < 4.78 is 48.1. The van der Waals surface area contributed by atoms with E-state index in [9.17, 15) is 48.6 Å². The monoisotopic (exact) mass is 1940 g/mol. The predicted molar refractivity (Wildman–Crippen MR) is 519 cm³/mol. The Kier molecular flexibility index (Phi) is 43.4. The Morgan fingerprint density at radius 1 is 0.693 bits per heavy atom. The maximum absolute atomic E-state index is 12.0. The van der Waals surface area contributed by atoms with E-state index >= 15 is 0 Å². The number of carbonyl (C=O) groups is 8. The average molecular weight is 1950 g/mol. The minimum Gasteiger partial charge on any atom is -0.507 e. The number of allylic oxidation sites excluding steroid dienone is 2. The number of aryl methyl sites for hydroxylation is 1. The van der Waals surface area contributed by atoms with E-state index < -0.39 is 41.4 Å². The van der Waals surface area contributed by atoms with Gasteiger partial charge < -0.3 is 106 Å². The fourth-order valence-electron chi connectivity index (χ4n) is 12.7. The molecule has 0 spiro atoms. The van der Waals surface area contributed by atoms with Gasteiger partial charge in [0.2, 0.25) is 5.96 Å². The van der Waals surface area contributed by atoms with E-state index in [-0.39, 0.29) is 82.6 Å². The number of esters is 2. The highest BCUT2D eigenvalue weighted by molar-refractivity contribution is 7.99. The van der Waals surface area contributed by atoms with Crippen LogP contribution in [0, 0.1) is 26.2 Å². The number of aromatic nitrogens is 3. The molecule has 0 unspecified atom stereocenters. The molecule has 2 aliphatic rings. The molecule has 8 aromatic carbocycles. The van der Waals surface area contributed by atoms with Crippen LogP contribution in [0.2, 0.25) is 10.2 Å². The summed E-state index contributed by atoms with van der Waals surface area (Å²) in [5.74, 6) is -1.73. The van der Waals surface area contributed by atoms with Crippen LogP contribution in [-0.2, 0) is 59.3 Å². The average Bonchev–Trinajstić information content (AvgIpc) is 1.64. The lowest BCUT2D eigenvalue weighted by Gasteiger charge is -2.26. The normalized spacial score (nSPS) is 12.1. The van der Waals surface area contributed by atoms with E-state index in [1.165, 1.54) is 61.9 Å². The number of nitrogens with zero attached hydrogens (tertiary/aromatic N) is 8. The Hall–Kier alpha value is -14.9. The summed E-state index contributed by atoms with van der Waals surface area (Å²) in [6, 6.07) is 43.1. The third-order valence-corrected chi connectivity index (χ3v) is 21.7. The van der Waals surface area contributed by atoms with E-state index in [0.29, 0.717) is 124 Å². The van der Waals surface area contributed by atoms with E-state index in [1.54, 1.807) is 97.0 Å². The highest BCUT2D eigenvalue weighted by Gasteiger charge is 2.33. The molecule has 1 fully saturated rings. The zero-order chi connectivity index (χ0) is 101. The number of hydrogen-bond donors (Lipinski definition) is 12. The Morgan fingerprint density at radius 3 is 1.92 bits per heavy atom. The van der Waals surface area contributed by atoms with Crippen molar-refractivity contribution in [2.75, 3.05) is 113 Å². The Bertz CT molecular complexity index is 5960. The van der Waals surface area contributed by atoms with Crippen molar-refractivity contribution in [3.05, 3.63) is 247 Å². The maximum Gasteiger partial charge on any atom is 0.347 e. The molecule has 4 heterocycles. The number of halogens is 2. The Morgan fingerprint density at radius 2 is 1.31 bits per heavy atom. The standard InChI is InChI=1S/C23H31NO7.C20H21NO4.C19H20ClNO4.C17H15N3O6.C14H14ClN3O2S.C4H11N5/c1-15(5-7-19(25)30-13-10-24-8-11-29-12-9-24)4-6-17-21(26)20-18(14-31-23(20)27)16(2)22(17)28-3;1-22-17-6-5-13(10-18(17)23-2)9-16-15-12-20(25-4)19(24-3)11-14(15)7-8-21-16;1-19(2,18(23)24)25-16-9-3-13(4-10-16)11-12-21-17(22)14-5-7-15(20)8-6-14;21-14-6-5-12(9-13(14)17(25)26)20-19-11-3-1-10(2-4-11)16(24)18-8-7-15(22)23;1-8-4-3-5-10(9(8)2)16-12-6-11(15)17-14(18-12)21-7-13(19)20;1-9(2)4(7)8-3(5)6/h4,26H,5-14H2,1-3H3;5-8,10-12H,9H2,1-4H3;3-10H,11-12H2,1-2H3,(H,21,22)(H,23,24);1-6,9,21H,7-8H2,(H,18,24)(H,22,23)(H,25,26);3-6H,7H2,1-2H3,(H,19,20)(H,16,17,18);1-2H3,(H5,5,6,7,8)/b15-4+;;;;;. The number of aliphatic carboxylic acids is 3. The summed E-state index contributed by atoms with van der Waals surface area (Å²) in [6.45, 7) is 15.8. The van der Waals surface area contributed by atoms with Crippen molar-refractivity contribution in [3.63, 3.8) is 0 Å². The molecule has 2 aliphatic heterocycles. The molecule has 0 radical (unpaired) electrons. The lowest BCUT2D eigenvalue weighted by Crippen LogP contribution is -2.38. The van der Waals surface area contributed by atoms with Gasteiger partial charge in [-0.05, 0) is 209 Å². The number of carboxylic acids is 4. The number of phenolic OH excluding ortho intramolecular Hbond substituents is 1. The first-order valence-electron chi connectivity index (χ1n) is 42.4. The second-order valence-electron chi connectivity index (χ2n) is 30.8. The third-order valence-electron chi connectivity index (χ3n) is 20.4. The van der Waals surface area contributed by atoms with Crippen molar-refractivity contribution in [3.8, 4) is 46.0 Å². The number of morpholine rings is 1. The number of aromatic carboxylic acids is 1. The van der Waals surface area contributed by atoms with Gasteiger partial charge in [-0.25, -0.2) is 24.4 Å². The van der Waals surface area contributed by atoms with E-state index in [0.717, 1.165) is 94.6 Å². The van der Waals surface area contributed by atoms with Crippen LogP contribution in [0.5, 0.6) is 46.0 Å². The first-order chi connectivity index (χ1) is 65.2. The number of carboxylic acid groups (broad SMARTS) is 4. The molecule has 37 nitrogen and oxygen atoms in total. The number of carbonyl (C=O) groups excluding carboxylic acids is 4. The molecule has 137 heavy (non-hydrogen) atoms. The number of aromatic hydroxyl groups is 2. The van der Waals surface area contributed by atoms with Crippen LogP contribution in [0.15, 0.2) is 190 Å². The highest BCUT2D eigenvalue weighted by atomic mass is 35.5. The topological polar surface area (TPSA) is 535 Å². The van der Waals surface area contributed by atoms with Gasteiger partial charge in [-0.1, -0.05) is 76.9 Å². The molecule has 0 saturated carbocycles. The van der Waals surface area contributed by atoms with Crippen LogP contribution in [0.1, 0.15) is 126 Å². The number of cyclic esters (lactones) is 1. The molecule has 14 N–H and O–H groups in total. The van der Waals surface area contributed by atoms with Crippen LogP contribution in [0.3, 0.4) is 0 Å². The minimum absolute atomic E-state index is 0.0301. The number of phenols is 2. The Labute approximate surface area is 806 Å². The van der Waals surface area contributed by atoms with Crippen LogP contribution in [0.25, 0.3) is 10.8 Å². The number of azo groups is 1. The number of anilines is 2. The van der Waals surface area contributed by atoms with Crippen molar-refractivity contribution in [1.82, 2.24) is 35.4 Å². The summed E-state index contributed by atoms with van der Waals surface area (Å²) in [7, 11) is 11.5. The highest BCUT2D eigenvalue weighted by Crippen LogP contribution is 2.43. The van der Waals surface area contributed by atoms with Crippen molar-refractivity contribution in [2.45, 2.75) is 97.4 Å². The van der Waals surface area contributed by atoms with Gasteiger partial charge in [0.15, 0.2) is 39.7 Å². The molecular weight excluding hydrogens is 1830 g/mol. The number of methoxy groups -OCH3 is 5. The molecule has 0 bridgehead atoms. The number of nitrogens with one attached hydrogen (secondary N) is 4. The largest absolute Gasteiger partial charge is 0.507 e. The molecule has 2 amide bonds. The fourth-order valence-corrected chi connectivity index (χ4v) is 13.6. The number of thioether (sulfide) groups is 1. The second-order valence-corrected chi connectivity index (χ2v) is 32.6. The lowest BCUT2D eigenvalue weighted by atomic mass is 9.94. The molecule has 728 valence electrons. The van der Waals surface area contributed by atoms with Gasteiger partial charge >= 0.3 is 35.8 Å². The zero-order valence-electron chi connectivity index (χ0n) is 77.9. The number of ether oxygens (including phenoxy) is 9. The van der Waals surface area contributed by atoms with Gasteiger partial charge in [0.1, 0.15) is 58.3 Å². The van der Waals surface area contributed by atoms with Gasteiger partial charge in [-0.3, -0.25) is 39.3 Å². The van der Waals surface area contributed by atoms with Gasteiger partial charge in [-0.15, -0.1) is 0 Å². The SMILES string of the molecule is CC(C)(Oc1ccc(CCNC(=O)c2ccc(Cl)cc2)cc1)C(=O)O.CN(C)C(N)=NC(=N)N.COc1c(C)c2c(c(O)c1C/C=C(\C)CCC(=O)OCCN1CCOCC1)C(=O)OC2.COc1ccc(Cc2nccc3cc(OC)c(OC)cc23)cc1OC.Cc1cccc(Nc2cc(Cl)nc(SCC(=O)O)n2)c1C.O=C(O)CCNC(=O)c1ccc(N=Nc2ccc(O)c(C(=O)O)c2)cc1. The molecule has 1 saturated heterocycles. The number of amides is 2. The summed E-state index contributed by atoms with van der Waals surface area (Å²) in [5, 5.41) is 81.6. The smallest absolute Gasteiger partial charge is 0.347 e. The zero-order valence-corrected chi connectivity index (χ0v) is 80.3. The first-order valence-corrected chi connectivity index (χ1v) is 44.1. The fraction of sp³-hybridized carbons (Fsp3) is 0.309. The van der Waals surface area contributed by atoms with Crippen molar-refractivity contribution in [1.29, 1.82) is 5.41 Å². The summed E-state index contributed by atoms with van der Waals surface area (Å²) in [5.41, 5.74) is 19.7.